The highest BCUT2D eigenvalue weighted by atomic mass is 16.5. The molecule has 6 heteroatoms. The normalized spacial score (nSPS) is 11.5. The van der Waals surface area contributed by atoms with Crippen LogP contribution in [0.3, 0.4) is 0 Å². The van der Waals surface area contributed by atoms with E-state index in [4.69, 9.17) is 9.15 Å². The molecule has 0 bridgehead atoms. The molecule has 0 spiro atoms. The molecule has 6 nitrogen and oxygen atoms in total. The Balaban J connectivity index is 1.56. The summed E-state index contributed by atoms with van der Waals surface area (Å²) in [4.78, 5) is 24.8. The van der Waals surface area contributed by atoms with Crippen LogP contribution in [-0.2, 0) is 11.3 Å². The van der Waals surface area contributed by atoms with Crippen molar-refractivity contribution in [2.24, 2.45) is 0 Å². The second kappa shape index (κ2) is 9.59. The van der Waals surface area contributed by atoms with E-state index in [1.165, 1.54) is 0 Å². The van der Waals surface area contributed by atoms with Gasteiger partial charge in [-0.15, -0.1) is 0 Å². The lowest BCUT2D eigenvalue weighted by molar-refractivity contribution is -0.122. The van der Waals surface area contributed by atoms with Crippen LogP contribution in [0.5, 0.6) is 5.75 Å². The second-order valence-corrected chi connectivity index (χ2v) is 6.66. The minimum atomic E-state index is -0.604. The van der Waals surface area contributed by atoms with Crippen molar-refractivity contribution >= 4 is 17.5 Å². The SMILES string of the molecule is CCC(Oc1cccc(C)c1)C(=O)Nc1ccc(C(=O)NCc2ccco2)cc1. The van der Waals surface area contributed by atoms with E-state index >= 15 is 0 Å². The van der Waals surface area contributed by atoms with E-state index in [9.17, 15) is 9.59 Å². The van der Waals surface area contributed by atoms with Gasteiger partial charge in [0.1, 0.15) is 11.5 Å². The van der Waals surface area contributed by atoms with Gasteiger partial charge in [-0.25, -0.2) is 0 Å². The Labute approximate surface area is 169 Å². The molecule has 1 heterocycles. The Bertz CT molecular complexity index is 949. The molecule has 0 radical (unpaired) electrons. The number of anilines is 1. The van der Waals surface area contributed by atoms with Crippen LogP contribution in [0.4, 0.5) is 5.69 Å². The highest BCUT2D eigenvalue weighted by Crippen LogP contribution is 2.17. The average molecular weight is 392 g/mol. The standard InChI is InChI=1S/C23H24N2O4/c1-3-21(29-19-7-4-6-16(2)14-19)23(27)25-18-11-9-17(10-12-18)22(26)24-15-20-8-5-13-28-20/h4-14,21H,3,15H2,1-2H3,(H,24,26)(H,25,27). The summed E-state index contributed by atoms with van der Waals surface area (Å²) in [6.07, 6.45) is 1.49. The topological polar surface area (TPSA) is 80.6 Å². The molecule has 3 rings (SSSR count). The second-order valence-electron chi connectivity index (χ2n) is 6.66. The quantitative estimate of drug-likeness (QED) is 0.598. The van der Waals surface area contributed by atoms with Crippen LogP contribution in [0.15, 0.2) is 71.3 Å². The number of benzene rings is 2. The van der Waals surface area contributed by atoms with Crippen LogP contribution in [-0.4, -0.2) is 17.9 Å². The minimum absolute atomic E-state index is 0.214. The molecule has 2 amide bonds. The zero-order valence-electron chi connectivity index (χ0n) is 16.5. The van der Waals surface area contributed by atoms with E-state index in [-0.39, 0.29) is 11.8 Å². The number of carbonyl (C=O) groups excluding carboxylic acids is 2. The molecule has 1 aromatic heterocycles. The van der Waals surface area contributed by atoms with Crippen molar-refractivity contribution in [3.05, 3.63) is 83.8 Å². The van der Waals surface area contributed by atoms with Gasteiger partial charge in [-0.1, -0.05) is 19.1 Å². The van der Waals surface area contributed by atoms with Crippen molar-refractivity contribution in [3.63, 3.8) is 0 Å². The first-order valence-corrected chi connectivity index (χ1v) is 9.50. The molecular weight excluding hydrogens is 368 g/mol. The summed E-state index contributed by atoms with van der Waals surface area (Å²) >= 11 is 0. The van der Waals surface area contributed by atoms with E-state index in [0.717, 1.165) is 5.56 Å². The lowest BCUT2D eigenvalue weighted by Gasteiger charge is -2.17. The number of rotatable bonds is 8. The van der Waals surface area contributed by atoms with Crippen LogP contribution in [0.2, 0.25) is 0 Å². The third kappa shape index (κ3) is 5.72. The molecule has 0 saturated carbocycles. The summed E-state index contributed by atoms with van der Waals surface area (Å²) in [5, 5.41) is 5.62. The van der Waals surface area contributed by atoms with Gasteiger partial charge in [0.25, 0.3) is 11.8 Å². The number of hydrogen-bond donors (Lipinski definition) is 2. The van der Waals surface area contributed by atoms with E-state index < -0.39 is 6.10 Å². The molecule has 29 heavy (non-hydrogen) atoms. The lowest BCUT2D eigenvalue weighted by atomic mass is 10.1. The molecule has 0 aliphatic rings. The Morgan fingerprint density at radius 3 is 2.52 bits per heavy atom. The monoisotopic (exact) mass is 392 g/mol. The first-order chi connectivity index (χ1) is 14.0. The maximum absolute atomic E-state index is 12.6. The third-order valence-electron chi connectivity index (χ3n) is 4.35. The van der Waals surface area contributed by atoms with Crippen LogP contribution in [0.25, 0.3) is 0 Å². The first-order valence-electron chi connectivity index (χ1n) is 9.50. The van der Waals surface area contributed by atoms with E-state index in [2.05, 4.69) is 10.6 Å². The maximum atomic E-state index is 12.6. The van der Waals surface area contributed by atoms with Gasteiger partial charge >= 0.3 is 0 Å². The maximum Gasteiger partial charge on any atom is 0.265 e. The molecule has 150 valence electrons. The Hall–Kier alpha value is -3.54. The average Bonchev–Trinajstić information content (AvgIpc) is 3.24. The van der Waals surface area contributed by atoms with Crippen LogP contribution in [0.1, 0.15) is 35.0 Å². The summed E-state index contributed by atoms with van der Waals surface area (Å²) in [5.74, 6) is 0.898. The smallest absolute Gasteiger partial charge is 0.265 e. The molecule has 0 fully saturated rings. The Morgan fingerprint density at radius 2 is 1.86 bits per heavy atom. The number of aryl methyl sites for hydroxylation is 1. The number of ether oxygens (including phenoxy) is 1. The largest absolute Gasteiger partial charge is 0.481 e. The van der Waals surface area contributed by atoms with Gasteiger partial charge in [0, 0.05) is 11.3 Å². The highest BCUT2D eigenvalue weighted by molar-refractivity contribution is 5.96. The minimum Gasteiger partial charge on any atom is -0.481 e. The van der Waals surface area contributed by atoms with Gasteiger partial charge in [-0.2, -0.15) is 0 Å². The first kappa shape index (κ1) is 20.2. The third-order valence-corrected chi connectivity index (χ3v) is 4.35. The number of amides is 2. The molecule has 0 aliphatic heterocycles. The fourth-order valence-corrected chi connectivity index (χ4v) is 2.79. The molecule has 2 aromatic carbocycles. The zero-order valence-corrected chi connectivity index (χ0v) is 16.5. The van der Waals surface area contributed by atoms with E-state index in [0.29, 0.717) is 35.7 Å². The van der Waals surface area contributed by atoms with Crippen molar-refractivity contribution in [2.75, 3.05) is 5.32 Å². The van der Waals surface area contributed by atoms with E-state index in [1.54, 1.807) is 42.7 Å². The molecule has 3 aromatic rings. The van der Waals surface area contributed by atoms with Crippen molar-refractivity contribution in [3.8, 4) is 5.75 Å². The predicted octanol–water partition coefficient (Wildman–Crippen LogP) is 4.31. The van der Waals surface area contributed by atoms with Gasteiger partial charge in [0.2, 0.25) is 0 Å². The summed E-state index contributed by atoms with van der Waals surface area (Å²) in [5.41, 5.74) is 2.17. The molecule has 1 atom stereocenters. The van der Waals surface area contributed by atoms with Crippen molar-refractivity contribution in [1.82, 2.24) is 5.32 Å². The number of carbonyl (C=O) groups is 2. The summed E-state index contributed by atoms with van der Waals surface area (Å²) in [7, 11) is 0. The molecule has 2 N–H and O–H groups in total. The fraction of sp³-hybridized carbons (Fsp3) is 0.217. The lowest BCUT2D eigenvalue weighted by Crippen LogP contribution is -2.32. The van der Waals surface area contributed by atoms with Crippen LogP contribution in [0, 0.1) is 6.92 Å². The van der Waals surface area contributed by atoms with Crippen molar-refractivity contribution in [2.45, 2.75) is 32.9 Å². The number of hydrogen-bond acceptors (Lipinski definition) is 4. The molecule has 0 saturated heterocycles. The fourth-order valence-electron chi connectivity index (χ4n) is 2.79. The van der Waals surface area contributed by atoms with E-state index in [1.807, 2.05) is 38.1 Å². The number of furan rings is 1. The van der Waals surface area contributed by atoms with Crippen molar-refractivity contribution in [1.29, 1.82) is 0 Å². The van der Waals surface area contributed by atoms with Gasteiger partial charge in [0.05, 0.1) is 12.8 Å². The van der Waals surface area contributed by atoms with Gasteiger partial charge in [-0.05, 0) is 67.4 Å². The Kier molecular flexibility index (Phi) is 6.68. The predicted molar refractivity (Wildman–Crippen MR) is 111 cm³/mol. The number of nitrogens with one attached hydrogen (secondary N) is 2. The van der Waals surface area contributed by atoms with Crippen molar-refractivity contribution < 1.29 is 18.7 Å². The van der Waals surface area contributed by atoms with Crippen LogP contribution >= 0.6 is 0 Å². The van der Waals surface area contributed by atoms with Crippen LogP contribution < -0.4 is 15.4 Å². The zero-order chi connectivity index (χ0) is 20.6. The molecular formula is C23H24N2O4. The summed E-state index contributed by atoms with van der Waals surface area (Å²) < 4.78 is 11.0. The Morgan fingerprint density at radius 1 is 1.07 bits per heavy atom. The van der Waals surface area contributed by atoms with Gasteiger partial charge < -0.3 is 19.8 Å². The summed E-state index contributed by atoms with van der Waals surface area (Å²) in [6, 6.07) is 17.9. The molecule has 1 unspecified atom stereocenters. The highest BCUT2D eigenvalue weighted by Gasteiger charge is 2.19. The van der Waals surface area contributed by atoms with Gasteiger partial charge in [0.15, 0.2) is 6.10 Å². The summed E-state index contributed by atoms with van der Waals surface area (Å²) in [6.45, 7) is 4.19. The van der Waals surface area contributed by atoms with Gasteiger partial charge in [-0.3, -0.25) is 9.59 Å². The molecule has 0 aliphatic carbocycles.